The molecule has 5 heteroatoms. The molecular formula is C23H25FNO3. The molecule has 0 aromatic heterocycles. The zero-order valence-electron chi connectivity index (χ0n) is 16.0. The summed E-state index contributed by atoms with van der Waals surface area (Å²) >= 11 is 0. The molecule has 4 rings (SSSR count). The zero-order valence-corrected chi connectivity index (χ0v) is 16.0. The molecule has 1 fully saturated rings. The highest BCUT2D eigenvalue weighted by molar-refractivity contribution is 5.84. The van der Waals surface area contributed by atoms with Gasteiger partial charge in [0.1, 0.15) is 30.5 Å². The summed E-state index contributed by atoms with van der Waals surface area (Å²) in [5.74, 6) is 1.36. The number of hydrogen-bond acceptors (Lipinski definition) is 3. The Morgan fingerprint density at radius 1 is 1.14 bits per heavy atom. The summed E-state index contributed by atoms with van der Waals surface area (Å²) < 4.78 is 24.3. The Morgan fingerprint density at radius 2 is 1.82 bits per heavy atom. The smallest absolute Gasteiger partial charge is 0.224 e. The zero-order chi connectivity index (χ0) is 19.7. The van der Waals surface area contributed by atoms with Crippen LogP contribution in [0.2, 0.25) is 0 Å². The number of amides is 1. The molecule has 147 valence electrons. The van der Waals surface area contributed by atoms with Crippen molar-refractivity contribution in [2.75, 3.05) is 13.2 Å². The molecule has 1 amide bonds. The van der Waals surface area contributed by atoms with Crippen molar-refractivity contribution in [1.82, 2.24) is 0 Å². The maximum atomic E-state index is 12.9. The number of hydrogen-bond donors (Lipinski definition) is 1. The van der Waals surface area contributed by atoms with E-state index in [1.54, 1.807) is 12.1 Å². The number of ether oxygens (including phenoxy) is 2. The fourth-order valence-electron chi connectivity index (χ4n) is 4.63. The first-order valence-corrected chi connectivity index (χ1v) is 9.78. The number of benzene rings is 2. The highest BCUT2D eigenvalue weighted by Gasteiger charge is 2.50. The van der Waals surface area contributed by atoms with Crippen molar-refractivity contribution >= 4 is 5.91 Å². The third kappa shape index (κ3) is 3.46. The molecule has 2 aliphatic carbocycles. The van der Waals surface area contributed by atoms with E-state index in [9.17, 15) is 9.18 Å². The molecule has 3 unspecified atom stereocenters. The van der Waals surface area contributed by atoms with Crippen molar-refractivity contribution in [3.8, 4) is 11.5 Å². The fraction of sp³-hybridized carbons (Fsp3) is 0.391. The second kappa shape index (κ2) is 7.46. The van der Waals surface area contributed by atoms with Crippen LogP contribution in [-0.2, 0) is 11.2 Å². The summed E-state index contributed by atoms with van der Waals surface area (Å²) in [6.07, 6.45) is 4.95. The van der Waals surface area contributed by atoms with Crippen LogP contribution < -0.4 is 15.2 Å². The molecule has 1 radical (unpaired) electrons. The normalized spacial score (nSPS) is 25.6. The molecule has 1 saturated carbocycles. The lowest BCUT2D eigenvalue weighted by atomic mass is 9.71. The third-order valence-corrected chi connectivity index (χ3v) is 6.19. The van der Waals surface area contributed by atoms with Crippen LogP contribution >= 0.6 is 0 Å². The first kappa shape index (κ1) is 18.8. The number of carbonyl (C=O) groups excluding carboxylic acids is 1. The number of halogens is 1. The van der Waals surface area contributed by atoms with Crippen LogP contribution in [0.5, 0.6) is 11.5 Å². The van der Waals surface area contributed by atoms with Crippen LogP contribution in [0.15, 0.2) is 42.5 Å². The van der Waals surface area contributed by atoms with Gasteiger partial charge in [0.05, 0.1) is 5.41 Å². The maximum absolute atomic E-state index is 12.9. The number of fused-ring (bicyclic) bond motifs is 3. The summed E-state index contributed by atoms with van der Waals surface area (Å²) in [6.45, 7) is 2.87. The van der Waals surface area contributed by atoms with Gasteiger partial charge in [0.15, 0.2) is 0 Å². The van der Waals surface area contributed by atoms with Crippen LogP contribution in [0.25, 0.3) is 0 Å². The molecule has 0 heterocycles. The van der Waals surface area contributed by atoms with Gasteiger partial charge in [-0.05, 0) is 85.0 Å². The molecule has 2 aromatic rings. The molecule has 0 aliphatic heterocycles. The van der Waals surface area contributed by atoms with Crippen LogP contribution in [0, 0.1) is 23.6 Å². The third-order valence-electron chi connectivity index (χ3n) is 6.19. The topological polar surface area (TPSA) is 61.6 Å². The molecule has 2 bridgehead atoms. The van der Waals surface area contributed by atoms with Gasteiger partial charge in [-0.1, -0.05) is 13.0 Å². The largest absolute Gasteiger partial charge is 0.490 e. The second-order valence-electron chi connectivity index (χ2n) is 7.81. The van der Waals surface area contributed by atoms with Gasteiger partial charge in [0, 0.05) is 0 Å². The number of carbonyl (C=O) groups is 1. The van der Waals surface area contributed by atoms with E-state index in [1.807, 2.05) is 6.07 Å². The van der Waals surface area contributed by atoms with E-state index in [2.05, 4.69) is 25.5 Å². The minimum Gasteiger partial charge on any atom is -0.490 e. The lowest BCUT2D eigenvalue weighted by molar-refractivity contribution is -0.126. The molecule has 3 atom stereocenters. The minimum absolute atomic E-state index is 0.0726. The summed E-state index contributed by atoms with van der Waals surface area (Å²) in [4.78, 5) is 12.2. The summed E-state index contributed by atoms with van der Waals surface area (Å²) in [7, 11) is 0. The molecule has 4 nitrogen and oxygen atoms in total. The van der Waals surface area contributed by atoms with E-state index in [1.165, 1.54) is 23.3 Å². The molecule has 2 aliphatic rings. The lowest BCUT2D eigenvalue weighted by Gasteiger charge is -2.32. The Kier molecular flexibility index (Phi) is 5.00. The maximum Gasteiger partial charge on any atom is 0.224 e. The first-order chi connectivity index (χ1) is 13.5. The van der Waals surface area contributed by atoms with Gasteiger partial charge in [-0.25, -0.2) is 4.39 Å². The SMILES string of the molecule is CC1c2ccc(OCCOc3ccc(F)cc3)cc2CC2[CH]C1(C(N)=O)CC2. The van der Waals surface area contributed by atoms with Crippen molar-refractivity contribution < 1.29 is 18.7 Å². The van der Waals surface area contributed by atoms with Gasteiger partial charge < -0.3 is 15.2 Å². The van der Waals surface area contributed by atoms with Crippen LogP contribution in [0.4, 0.5) is 4.39 Å². The van der Waals surface area contributed by atoms with Crippen molar-refractivity contribution in [3.05, 3.63) is 65.8 Å². The molecule has 2 aromatic carbocycles. The van der Waals surface area contributed by atoms with Crippen molar-refractivity contribution in [3.63, 3.8) is 0 Å². The van der Waals surface area contributed by atoms with E-state index in [0.717, 1.165) is 25.0 Å². The van der Waals surface area contributed by atoms with E-state index < -0.39 is 5.41 Å². The standard InChI is InChI=1S/C23H25FNO3/c1-15-21-7-6-20(28-11-10-27-19-4-2-18(24)3-5-19)13-17(21)12-16-8-9-23(15,14-16)22(25)26/h2-7,13-16H,8-12H2,1H3,(H2,25,26). The number of nitrogens with two attached hydrogens (primary N) is 1. The highest BCUT2D eigenvalue weighted by atomic mass is 19.1. The highest BCUT2D eigenvalue weighted by Crippen LogP contribution is 2.54. The predicted molar refractivity (Wildman–Crippen MR) is 105 cm³/mol. The molecule has 0 spiro atoms. The van der Waals surface area contributed by atoms with Gasteiger partial charge in [-0.15, -0.1) is 0 Å². The van der Waals surface area contributed by atoms with E-state index in [0.29, 0.717) is 24.9 Å². The van der Waals surface area contributed by atoms with Gasteiger partial charge in [-0.3, -0.25) is 4.79 Å². The van der Waals surface area contributed by atoms with Crippen molar-refractivity contribution in [1.29, 1.82) is 0 Å². The molecular weight excluding hydrogens is 357 g/mol. The Labute approximate surface area is 164 Å². The summed E-state index contributed by atoms with van der Waals surface area (Å²) in [6, 6.07) is 12.0. The fourth-order valence-corrected chi connectivity index (χ4v) is 4.63. The molecule has 28 heavy (non-hydrogen) atoms. The average molecular weight is 382 g/mol. The molecule has 0 saturated heterocycles. The Balaban J connectivity index is 1.42. The summed E-state index contributed by atoms with van der Waals surface area (Å²) in [5, 5.41) is 0. The van der Waals surface area contributed by atoms with E-state index >= 15 is 0 Å². The monoisotopic (exact) mass is 382 g/mol. The quantitative estimate of drug-likeness (QED) is 0.768. The van der Waals surface area contributed by atoms with Gasteiger partial charge in [0.25, 0.3) is 0 Å². The minimum atomic E-state index is -0.526. The summed E-state index contributed by atoms with van der Waals surface area (Å²) in [5.41, 5.74) is 7.68. The van der Waals surface area contributed by atoms with Crippen molar-refractivity contribution in [2.24, 2.45) is 17.1 Å². The van der Waals surface area contributed by atoms with E-state index in [-0.39, 0.29) is 17.6 Å². The van der Waals surface area contributed by atoms with Crippen LogP contribution in [0.3, 0.4) is 0 Å². The second-order valence-corrected chi connectivity index (χ2v) is 7.81. The van der Waals surface area contributed by atoms with Gasteiger partial charge in [0.2, 0.25) is 5.91 Å². The number of rotatable bonds is 6. The van der Waals surface area contributed by atoms with E-state index in [4.69, 9.17) is 15.2 Å². The Morgan fingerprint density at radius 3 is 2.54 bits per heavy atom. The van der Waals surface area contributed by atoms with Gasteiger partial charge >= 0.3 is 0 Å². The number of primary amides is 1. The van der Waals surface area contributed by atoms with Crippen LogP contribution in [-0.4, -0.2) is 19.1 Å². The van der Waals surface area contributed by atoms with Gasteiger partial charge in [-0.2, -0.15) is 0 Å². The molecule has 2 N–H and O–H groups in total. The van der Waals surface area contributed by atoms with Crippen LogP contribution in [0.1, 0.15) is 36.8 Å². The van der Waals surface area contributed by atoms with Crippen molar-refractivity contribution in [2.45, 2.75) is 32.1 Å². The lowest BCUT2D eigenvalue weighted by Crippen LogP contribution is -2.39. The average Bonchev–Trinajstić information content (AvgIpc) is 3.06. The first-order valence-electron chi connectivity index (χ1n) is 9.78. The predicted octanol–water partition coefficient (Wildman–Crippen LogP) is 4.03. The Hall–Kier alpha value is -2.56. The Bertz CT molecular complexity index is 867.